The van der Waals surface area contributed by atoms with E-state index < -0.39 is 5.97 Å². The standard InChI is InChI=1S/C11H12O3/c1-14-8-4-5-9(11(12)13)10(6-8)7-2-3-7/h4-7H,2-3H2,1H3,(H,12,13). The van der Waals surface area contributed by atoms with Crippen molar-refractivity contribution in [3.8, 4) is 5.75 Å². The van der Waals surface area contributed by atoms with E-state index >= 15 is 0 Å². The highest BCUT2D eigenvalue weighted by Crippen LogP contribution is 2.42. The molecule has 0 atom stereocenters. The Labute approximate surface area is 82.3 Å². The molecule has 1 saturated carbocycles. The maximum Gasteiger partial charge on any atom is 0.335 e. The van der Waals surface area contributed by atoms with E-state index in [1.807, 2.05) is 6.07 Å². The summed E-state index contributed by atoms with van der Waals surface area (Å²) < 4.78 is 5.07. The number of carboxylic acids is 1. The number of rotatable bonds is 3. The summed E-state index contributed by atoms with van der Waals surface area (Å²) in [5.74, 6) is 0.308. The molecule has 2 rings (SSSR count). The van der Waals surface area contributed by atoms with Crippen LogP contribution in [0.3, 0.4) is 0 Å². The van der Waals surface area contributed by atoms with Gasteiger partial charge < -0.3 is 9.84 Å². The first-order valence-corrected chi connectivity index (χ1v) is 4.63. The third kappa shape index (κ3) is 1.58. The van der Waals surface area contributed by atoms with Crippen LogP contribution in [0.1, 0.15) is 34.7 Å². The summed E-state index contributed by atoms with van der Waals surface area (Å²) in [6.07, 6.45) is 2.18. The van der Waals surface area contributed by atoms with Crippen LogP contribution in [0.5, 0.6) is 5.75 Å². The van der Waals surface area contributed by atoms with Gasteiger partial charge in [-0.1, -0.05) is 0 Å². The van der Waals surface area contributed by atoms with Crippen molar-refractivity contribution < 1.29 is 14.6 Å². The first-order chi connectivity index (χ1) is 6.72. The SMILES string of the molecule is COc1ccc(C(=O)O)c(C2CC2)c1. The van der Waals surface area contributed by atoms with Gasteiger partial charge >= 0.3 is 5.97 Å². The first-order valence-electron chi connectivity index (χ1n) is 4.63. The second-order valence-electron chi connectivity index (χ2n) is 3.53. The predicted octanol–water partition coefficient (Wildman–Crippen LogP) is 2.27. The molecule has 0 aliphatic heterocycles. The molecule has 1 aliphatic carbocycles. The topological polar surface area (TPSA) is 46.5 Å². The smallest absolute Gasteiger partial charge is 0.335 e. The zero-order chi connectivity index (χ0) is 10.1. The van der Waals surface area contributed by atoms with Crippen molar-refractivity contribution in [3.63, 3.8) is 0 Å². The highest BCUT2D eigenvalue weighted by molar-refractivity contribution is 5.90. The summed E-state index contributed by atoms with van der Waals surface area (Å²) in [4.78, 5) is 10.9. The molecule has 0 heterocycles. The van der Waals surface area contributed by atoms with Gasteiger partial charge in [-0.15, -0.1) is 0 Å². The van der Waals surface area contributed by atoms with Crippen molar-refractivity contribution in [1.29, 1.82) is 0 Å². The molecule has 1 N–H and O–H groups in total. The molecule has 1 aliphatic rings. The summed E-state index contributed by atoms with van der Waals surface area (Å²) in [6.45, 7) is 0. The lowest BCUT2D eigenvalue weighted by Gasteiger charge is -2.06. The molecular formula is C11H12O3. The fourth-order valence-corrected chi connectivity index (χ4v) is 1.59. The molecule has 0 unspecified atom stereocenters. The highest BCUT2D eigenvalue weighted by Gasteiger charge is 2.28. The van der Waals surface area contributed by atoms with E-state index in [2.05, 4.69) is 0 Å². The number of benzene rings is 1. The van der Waals surface area contributed by atoms with Crippen molar-refractivity contribution in [3.05, 3.63) is 29.3 Å². The van der Waals surface area contributed by atoms with Crippen molar-refractivity contribution in [2.75, 3.05) is 7.11 Å². The molecule has 1 aromatic carbocycles. The third-order valence-electron chi connectivity index (χ3n) is 2.51. The Hall–Kier alpha value is -1.51. The number of carboxylic acid groups (broad SMARTS) is 1. The summed E-state index contributed by atoms with van der Waals surface area (Å²) in [5.41, 5.74) is 1.32. The molecule has 3 heteroatoms. The maximum absolute atomic E-state index is 10.9. The van der Waals surface area contributed by atoms with E-state index in [0.29, 0.717) is 11.5 Å². The number of aromatic carboxylic acids is 1. The third-order valence-corrected chi connectivity index (χ3v) is 2.51. The van der Waals surface area contributed by atoms with Crippen molar-refractivity contribution in [2.24, 2.45) is 0 Å². The van der Waals surface area contributed by atoms with Crippen LogP contribution in [0, 0.1) is 0 Å². The van der Waals surface area contributed by atoms with Crippen molar-refractivity contribution in [1.82, 2.24) is 0 Å². The second kappa shape index (κ2) is 3.33. The molecule has 0 amide bonds. The summed E-state index contributed by atoms with van der Waals surface area (Å²) in [7, 11) is 1.59. The van der Waals surface area contributed by atoms with E-state index in [9.17, 15) is 4.79 Å². The molecule has 1 aromatic rings. The fourth-order valence-electron chi connectivity index (χ4n) is 1.59. The molecule has 74 valence electrons. The van der Waals surface area contributed by atoms with Gasteiger partial charge in [0.05, 0.1) is 12.7 Å². The van der Waals surface area contributed by atoms with Crippen LogP contribution in [-0.4, -0.2) is 18.2 Å². The highest BCUT2D eigenvalue weighted by atomic mass is 16.5. The number of carbonyl (C=O) groups is 1. The van der Waals surface area contributed by atoms with Gasteiger partial charge in [-0.25, -0.2) is 4.79 Å². The van der Waals surface area contributed by atoms with E-state index in [1.165, 1.54) is 0 Å². The molecule has 3 nitrogen and oxygen atoms in total. The van der Waals surface area contributed by atoms with Crippen LogP contribution in [-0.2, 0) is 0 Å². The molecule has 0 aromatic heterocycles. The second-order valence-corrected chi connectivity index (χ2v) is 3.53. The van der Waals surface area contributed by atoms with Gasteiger partial charge in [0.15, 0.2) is 0 Å². The van der Waals surface area contributed by atoms with Gasteiger partial charge in [0.1, 0.15) is 5.75 Å². The number of hydrogen-bond acceptors (Lipinski definition) is 2. The predicted molar refractivity (Wildman–Crippen MR) is 51.9 cm³/mol. The van der Waals surface area contributed by atoms with Gasteiger partial charge in [0, 0.05) is 0 Å². The minimum atomic E-state index is -0.852. The summed E-state index contributed by atoms with van der Waals surface area (Å²) in [5, 5.41) is 8.97. The zero-order valence-corrected chi connectivity index (χ0v) is 7.99. The Morgan fingerprint density at radius 1 is 1.50 bits per heavy atom. The molecule has 0 bridgehead atoms. The zero-order valence-electron chi connectivity index (χ0n) is 7.99. The Balaban J connectivity index is 2.43. The molecule has 0 radical (unpaired) electrons. The average molecular weight is 192 g/mol. The van der Waals surface area contributed by atoms with Gasteiger partial charge in [-0.05, 0) is 42.5 Å². The molecule has 0 spiro atoms. The average Bonchev–Trinajstić information content (AvgIpc) is 3.00. The Morgan fingerprint density at radius 2 is 2.21 bits per heavy atom. The van der Waals surface area contributed by atoms with E-state index in [1.54, 1.807) is 19.2 Å². The van der Waals surface area contributed by atoms with E-state index in [-0.39, 0.29) is 0 Å². The van der Waals surface area contributed by atoms with E-state index in [0.717, 1.165) is 24.2 Å². The fraction of sp³-hybridized carbons (Fsp3) is 0.364. The maximum atomic E-state index is 10.9. The quantitative estimate of drug-likeness (QED) is 0.799. The number of hydrogen-bond donors (Lipinski definition) is 1. The van der Waals surface area contributed by atoms with Crippen LogP contribution < -0.4 is 4.74 Å². The minimum Gasteiger partial charge on any atom is -0.497 e. The molecule has 0 saturated heterocycles. The molecule has 14 heavy (non-hydrogen) atoms. The lowest BCUT2D eigenvalue weighted by atomic mass is 10.0. The van der Waals surface area contributed by atoms with E-state index in [4.69, 9.17) is 9.84 Å². The van der Waals surface area contributed by atoms with Crippen molar-refractivity contribution in [2.45, 2.75) is 18.8 Å². The van der Waals surface area contributed by atoms with Gasteiger partial charge in [-0.3, -0.25) is 0 Å². The normalized spacial score (nSPS) is 15.2. The largest absolute Gasteiger partial charge is 0.497 e. The summed E-state index contributed by atoms with van der Waals surface area (Å²) >= 11 is 0. The van der Waals surface area contributed by atoms with Crippen LogP contribution in [0.25, 0.3) is 0 Å². The Bertz CT molecular complexity index is 367. The van der Waals surface area contributed by atoms with Crippen LogP contribution in [0.2, 0.25) is 0 Å². The molecule has 1 fully saturated rings. The lowest BCUT2D eigenvalue weighted by Crippen LogP contribution is -2.01. The Kier molecular flexibility index (Phi) is 2.15. The monoisotopic (exact) mass is 192 g/mol. The van der Waals surface area contributed by atoms with Crippen LogP contribution in [0.4, 0.5) is 0 Å². The van der Waals surface area contributed by atoms with Crippen molar-refractivity contribution >= 4 is 5.97 Å². The van der Waals surface area contributed by atoms with Crippen LogP contribution in [0.15, 0.2) is 18.2 Å². The lowest BCUT2D eigenvalue weighted by molar-refractivity contribution is 0.0695. The minimum absolute atomic E-state index is 0.410. The van der Waals surface area contributed by atoms with Crippen LogP contribution >= 0.6 is 0 Å². The first kappa shape index (κ1) is 9.06. The summed E-state index contributed by atoms with van der Waals surface area (Å²) in [6, 6.07) is 5.14. The Morgan fingerprint density at radius 3 is 2.71 bits per heavy atom. The number of methoxy groups -OCH3 is 1. The van der Waals surface area contributed by atoms with Gasteiger partial charge in [0.25, 0.3) is 0 Å². The van der Waals surface area contributed by atoms with Gasteiger partial charge in [-0.2, -0.15) is 0 Å². The number of ether oxygens (including phenoxy) is 1. The molecular weight excluding hydrogens is 180 g/mol. The van der Waals surface area contributed by atoms with Gasteiger partial charge in [0.2, 0.25) is 0 Å².